The molecule has 0 aliphatic carbocycles. The van der Waals surface area contributed by atoms with Crippen molar-refractivity contribution in [1.29, 1.82) is 15.8 Å². The number of carbonyl (C=O) groups excluding carboxylic acids is 1. The van der Waals surface area contributed by atoms with E-state index in [1.54, 1.807) is 12.1 Å². The number of anilines is 1. The van der Waals surface area contributed by atoms with Gasteiger partial charge in [-0.05, 0) is 42.2 Å². The Balaban J connectivity index is 0.000000333. The third-order valence-corrected chi connectivity index (χ3v) is 5.77. The Morgan fingerprint density at radius 1 is 1.15 bits per heavy atom. The van der Waals surface area contributed by atoms with Gasteiger partial charge in [-0.1, -0.05) is 13.8 Å². The molecule has 12 heteroatoms. The number of non-ortho nitro benzene ring substituents is 1. The Morgan fingerprint density at radius 2 is 1.82 bits per heavy atom. The highest BCUT2D eigenvalue weighted by Crippen LogP contribution is 2.33. The highest BCUT2D eigenvalue weighted by Gasteiger charge is 2.27. The van der Waals surface area contributed by atoms with Gasteiger partial charge in [0.25, 0.3) is 17.3 Å². The van der Waals surface area contributed by atoms with Crippen molar-refractivity contribution in [3.63, 3.8) is 0 Å². The molecular formula is C28H25N9O3. The Hall–Kier alpha value is -5.85. The number of benzene rings is 2. The first-order valence-electron chi connectivity index (χ1n) is 12.3. The van der Waals surface area contributed by atoms with Crippen LogP contribution in [0.25, 0.3) is 4.85 Å². The van der Waals surface area contributed by atoms with Crippen LogP contribution in [-0.4, -0.2) is 36.9 Å². The molecule has 1 amide bonds. The molecule has 40 heavy (non-hydrogen) atoms. The number of allylic oxidation sites excluding steroid dienone is 2. The van der Waals surface area contributed by atoms with Crippen LogP contribution in [0.4, 0.5) is 22.7 Å². The maximum atomic E-state index is 11.3. The Morgan fingerprint density at radius 3 is 2.33 bits per heavy atom. The van der Waals surface area contributed by atoms with Crippen molar-refractivity contribution in [3.8, 4) is 18.2 Å². The molecule has 1 aliphatic rings. The number of nitro benzene ring substituents is 1. The van der Waals surface area contributed by atoms with Crippen molar-refractivity contribution < 1.29 is 11.1 Å². The van der Waals surface area contributed by atoms with Gasteiger partial charge in [-0.25, -0.2) is 10.1 Å². The molecule has 0 radical (unpaired) electrons. The molecule has 0 saturated carbocycles. The molecule has 0 atom stereocenters. The fourth-order valence-corrected chi connectivity index (χ4v) is 3.60. The SMILES string of the molecule is CCc1cc(N(C)C)ccc1N=Nc1c(C#N)cc([N+](=O)[O-])cc1CC.[2H]C1=C(C#N)/C(=C(\C#N)[N+]#[C-])N(C)C1=O. The van der Waals surface area contributed by atoms with Gasteiger partial charge < -0.3 is 9.80 Å². The molecule has 12 nitrogen and oxygen atoms in total. The van der Waals surface area contributed by atoms with Crippen LogP contribution in [-0.2, 0) is 17.6 Å². The molecule has 0 N–H and O–H groups in total. The van der Waals surface area contributed by atoms with Crippen LogP contribution in [0.3, 0.4) is 0 Å². The van der Waals surface area contributed by atoms with E-state index in [9.17, 15) is 20.2 Å². The lowest BCUT2D eigenvalue weighted by atomic mass is 10.0. The molecule has 0 saturated heterocycles. The van der Waals surface area contributed by atoms with E-state index in [0.717, 1.165) is 28.3 Å². The molecule has 0 spiro atoms. The topological polar surface area (TPSA) is 167 Å². The summed E-state index contributed by atoms with van der Waals surface area (Å²) in [4.78, 5) is 27.7. The Bertz CT molecular complexity index is 1650. The summed E-state index contributed by atoms with van der Waals surface area (Å²) in [5.41, 5.74) is 3.24. The summed E-state index contributed by atoms with van der Waals surface area (Å²) in [5, 5.41) is 46.4. The number of rotatable bonds is 6. The van der Waals surface area contributed by atoms with Crippen LogP contribution in [0, 0.1) is 50.7 Å². The van der Waals surface area contributed by atoms with Crippen LogP contribution in [0.1, 0.15) is 31.9 Å². The van der Waals surface area contributed by atoms with E-state index in [1.165, 1.54) is 19.2 Å². The summed E-state index contributed by atoms with van der Waals surface area (Å²) in [7, 11) is 5.26. The number of nitro groups is 1. The molecule has 2 aromatic rings. The first-order chi connectivity index (χ1) is 19.5. The van der Waals surface area contributed by atoms with Gasteiger partial charge in [-0.15, -0.1) is 5.11 Å². The van der Waals surface area contributed by atoms with Gasteiger partial charge >= 0.3 is 0 Å². The molecule has 1 heterocycles. The minimum Gasteiger partial charge on any atom is -0.378 e. The van der Waals surface area contributed by atoms with Crippen molar-refractivity contribution in [2.45, 2.75) is 26.7 Å². The maximum absolute atomic E-state index is 11.3. The van der Waals surface area contributed by atoms with Crippen molar-refractivity contribution in [2.24, 2.45) is 10.2 Å². The largest absolute Gasteiger partial charge is 0.378 e. The molecule has 2 aromatic carbocycles. The van der Waals surface area contributed by atoms with Gasteiger partial charge in [0, 0.05) is 45.0 Å². The number of azo groups is 1. The number of amides is 1. The standard InChI is InChI=1S/C19H21N5O2.C9H4N4O/c1-5-13-9-16(23(3)4)7-8-18(13)21-22-19-14(6-2)10-17(24(25)26)11-15(19)12-20;1-12-7(5-11)9-6(4-10)3-8(14)13(9)2/h7-11H,5-6H2,1-4H3;3H,2H3/b;9-7-/i;3D. The normalized spacial score (nSPS) is 13.9. The number of carbonyl (C=O) groups is 1. The number of hydrogen-bond donors (Lipinski definition) is 0. The van der Waals surface area contributed by atoms with Gasteiger partial charge in [0.2, 0.25) is 0 Å². The van der Waals surface area contributed by atoms with E-state index in [-0.39, 0.29) is 28.2 Å². The zero-order valence-corrected chi connectivity index (χ0v) is 22.6. The smallest absolute Gasteiger partial charge is 0.286 e. The molecule has 1 aliphatic heterocycles. The summed E-state index contributed by atoms with van der Waals surface area (Å²) in [5.74, 6) is -0.682. The van der Waals surface area contributed by atoms with Gasteiger partial charge in [0.15, 0.2) is 0 Å². The minimum atomic E-state index is -0.682. The average molecular weight is 537 g/mol. The molecule has 0 aromatic heterocycles. The second-order valence-electron chi connectivity index (χ2n) is 8.38. The Labute approximate surface area is 233 Å². The van der Waals surface area contributed by atoms with Crippen molar-refractivity contribution >= 4 is 28.7 Å². The molecular weight excluding hydrogens is 510 g/mol. The number of likely N-dealkylation sites (N-methyl/N-ethyl adjacent to an activating group) is 1. The first-order valence-corrected chi connectivity index (χ1v) is 11.8. The summed E-state index contributed by atoms with van der Waals surface area (Å²) in [6.45, 7) is 10.6. The quantitative estimate of drug-likeness (QED) is 0.151. The van der Waals surface area contributed by atoms with Gasteiger partial charge in [0.05, 0.1) is 41.5 Å². The molecule has 0 fully saturated rings. The monoisotopic (exact) mass is 536 g/mol. The average Bonchev–Trinajstić information content (AvgIpc) is 3.19. The lowest BCUT2D eigenvalue weighted by Crippen LogP contribution is -2.19. The van der Waals surface area contributed by atoms with Crippen molar-refractivity contribution in [3.05, 3.63) is 91.6 Å². The van der Waals surface area contributed by atoms with Gasteiger partial charge in [-0.2, -0.15) is 15.6 Å². The number of nitriles is 3. The number of aryl methyl sites for hydroxylation is 2. The zero-order valence-electron chi connectivity index (χ0n) is 23.6. The Kier molecular flexibility index (Phi) is 9.78. The fraction of sp³-hybridized carbons (Fsp3) is 0.250. The lowest BCUT2D eigenvalue weighted by Gasteiger charge is -2.14. The predicted octanol–water partition coefficient (Wildman–Crippen LogP) is 5.64. The third kappa shape index (κ3) is 6.72. The van der Waals surface area contributed by atoms with E-state index in [4.69, 9.17) is 18.5 Å². The van der Waals surface area contributed by atoms with E-state index in [0.29, 0.717) is 17.7 Å². The van der Waals surface area contributed by atoms with Crippen LogP contribution in [0.15, 0.2) is 63.6 Å². The van der Waals surface area contributed by atoms with Crippen LogP contribution in [0.5, 0.6) is 0 Å². The molecule has 0 unspecified atom stereocenters. The maximum Gasteiger partial charge on any atom is 0.286 e. The van der Waals surface area contributed by atoms with Crippen molar-refractivity contribution in [1.82, 2.24) is 4.90 Å². The lowest BCUT2D eigenvalue weighted by molar-refractivity contribution is -0.384. The van der Waals surface area contributed by atoms with Crippen LogP contribution in [0.2, 0.25) is 0 Å². The number of nitrogens with zero attached hydrogens (tertiary/aromatic N) is 9. The zero-order chi connectivity index (χ0) is 30.9. The highest BCUT2D eigenvalue weighted by atomic mass is 16.6. The summed E-state index contributed by atoms with van der Waals surface area (Å²) in [6, 6.07) is 13.3. The summed E-state index contributed by atoms with van der Waals surface area (Å²) in [6.07, 6.45) is 1.31. The van der Waals surface area contributed by atoms with E-state index in [1.807, 2.05) is 51.0 Å². The molecule has 0 bridgehead atoms. The van der Waals surface area contributed by atoms with E-state index >= 15 is 0 Å². The van der Waals surface area contributed by atoms with Gasteiger partial charge in [-0.3, -0.25) is 14.9 Å². The first kappa shape index (κ1) is 28.7. The summed E-state index contributed by atoms with van der Waals surface area (Å²) >= 11 is 0. The molecule has 3 rings (SSSR count). The second-order valence-corrected chi connectivity index (χ2v) is 8.38. The highest BCUT2D eigenvalue weighted by molar-refractivity contribution is 5.96. The fourth-order valence-electron chi connectivity index (χ4n) is 3.60. The third-order valence-electron chi connectivity index (χ3n) is 5.77. The molecule has 200 valence electrons. The van der Waals surface area contributed by atoms with Crippen LogP contribution >= 0.6 is 0 Å². The van der Waals surface area contributed by atoms with Crippen LogP contribution < -0.4 is 4.90 Å². The van der Waals surface area contributed by atoms with Gasteiger partial charge in [0.1, 0.15) is 17.8 Å². The second kappa shape index (κ2) is 13.6. The minimum absolute atomic E-state index is 0.0787. The predicted molar refractivity (Wildman–Crippen MR) is 147 cm³/mol. The van der Waals surface area contributed by atoms with Crippen molar-refractivity contribution in [2.75, 3.05) is 26.0 Å². The van der Waals surface area contributed by atoms with E-state index < -0.39 is 16.9 Å². The number of hydrogen-bond acceptors (Lipinski definition) is 9. The summed E-state index contributed by atoms with van der Waals surface area (Å²) < 4.78 is 7.32. The van der Waals surface area contributed by atoms with E-state index in [2.05, 4.69) is 21.1 Å².